The minimum atomic E-state index is -0.528. The van der Waals surface area contributed by atoms with Crippen LogP contribution >= 0.6 is 38.5 Å². The first-order valence-corrected chi connectivity index (χ1v) is 5.28. The quantitative estimate of drug-likeness (QED) is 0.416. The fraction of sp³-hybridized carbons (Fsp3) is 0.375. The monoisotopic (exact) mass is 342 g/mol. The molecule has 0 saturated carbocycles. The van der Waals surface area contributed by atoms with Crippen molar-refractivity contribution in [3.05, 3.63) is 22.7 Å². The second kappa shape index (κ2) is 3.91. The molecule has 1 unspecified atom stereocenters. The van der Waals surface area contributed by atoms with Gasteiger partial charge in [-0.3, -0.25) is 4.79 Å². The molecule has 1 rings (SSSR count). The lowest BCUT2D eigenvalue weighted by Gasteiger charge is -2.21. The molecule has 2 nitrogen and oxygen atoms in total. The van der Waals surface area contributed by atoms with Crippen LogP contribution in [0.4, 0.5) is 0 Å². The third-order valence-corrected chi connectivity index (χ3v) is 3.27. The highest BCUT2D eigenvalue weighted by atomic mass is 127. The Morgan fingerprint density at radius 1 is 1.83 bits per heavy atom. The van der Waals surface area contributed by atoms with Crippen LogP contribution in [0.15, 0.2) is 22.7 Å². The number of methoxy groups -OCH3 is 1. The smallest absolute Gasteiger partial charge is 0.326 e. The highest BCUT2D eigenvalue weighted by Gasteiger charge is 2.34. The number of carbonyl (C=O) groups excluding carboxylic acids is 1. The van der Waals surface area contributed by atoms with Crippen molar-refractivity contribution in [2.24, 2.45) is 0 Å². The molecular weight excluding hydrogens is 335 g/mol. The van der Waals surface area contributed by atoms with E-state index in [-0.39, 0.29) is 5.97 Å². The van der Waals surface area contributed by atoms with E-state index in [1.807, 2.05) is 18.2 Å². The van der Waals surface area contributed by atoms with E-state index >= 15 is 0 Å². The van der Waals surface area contributed by atoms with E-state index in [0.29, 0.717) is 6.42 Å². The van der Waals surface area contributed by atoms with Crippen molar-refractivity contribution >= 4 is 44.5 Å². The normalized spacial score (nSPS) is 28.1. The lowest BCUT2D eigenvalue weighted by Crippen LogP contribution is -2.31. The number of hydrogen-bond acceptors (Lipinski definition) is 2. The van der Waals surface area contributed by atoms with Gasteiger partial charge in [-0.15, -0.1) is 0 Å². The molecule has 0 aliphatic heterocycles. The summed E-state index contributed by atoms with van der Waals surface area (Å²) in [4.78, 5) is 11.3. The number of allylic oxidation sites excluding steroid dienone is 3. The summed E-state index contributed by atoms with van der Waals surface area (Å²) < 4.78 is 5.09. The second-order valence-electron chi connectivity index (χ2n) is 2.49. The zero-order chi connectivity index (χ0) is 9.19. The van der Waals surface area contributed by atoms with Gasteiger partial charge in [-0.05, 0) is 12.5 Å². The molecule has 0 aromatic rings. The summed E-state index contributed by atoms with van der Waals surface area (Å²) in [5.74, 6) is -0.204. The zero-order valence-corrected chi connectivity index (χ0v) is 10.3. The Labute approximate surface area is 93.3 Å². The van der Waals surface area contributed by atoms with Gasteiger partial charge in [-0.25, -0.2) is 0 Å². The van der Waals surface area contributed by atoms with Crippen molar-refractivity contribution < 1.29 is 9.53 Å². The molecule has 1 atom stereocenters. The van der Waals surface area contributed by atoms with Crippen LogP contribution in [0.25, 0.3) is 0 Å². The van der Waals surface area contributed by atoms with Gasteiger partial charge in [-0.2, -0.15) is 0 Å². The Hall–Kier alpha value is 0.160. The van der Waals surface area contributed by atoms with Crippen molar-refractivity contribution in [1.29, 1.82) is 0 Å². The van der Waals surface area contributed by atoms with Gasteiger partial charge in [0.2, 0.25) is 0 Å². The van der Waals surface area contributed by atoms with Crippen molar-refractivity contribution in [2.45, 2.75) is 9.84 Å². The van der Waals surface area contributed by atoms with Crippen LogP contribution in [0, 0.1) is 0 Å². The molecule has 1 aliphatic carbocycles. The minimum absolute atomic E-state index is 0.204. The van der Waals surface area contributed by atoms with Crippen molar-refractivity contribution in [1.82, 2.24) is 0 Å². The third-order valence-electron chi connectivity index (χ3n) is 1.58. The summed E-state index contributed by atoms with van der Waals surface area (Å²) in [5, 5.41) is 0. The lowest BCUT2D eigenvalue weighted by atomic mass is 10.0. The van der Waals surface area contributed by atoms with E-state index in [1.54, 1.807) is 0 Å². The van der Waals surface area contributed by atoms with Gasteiger partial charge in [-0.1, -0.05) is 50.7 Å². The van der Waals surface area contributed by atoms with Crippen molar-refractivity contribution in [2.75, 3.05) is 7.11 Å². The van der Waals surface area contributed by atoms with E-state index in [1.165, 1.54) is 7.11 Å². The summed E-state index contributed by atoms with van der Waals surface area (Å²) in [6.07, 6.45) is 6.43. The number of esters is 1. The maximum Gasteiger partial charge on any atom is 0.326 e. The van der Waals surface area contributed by atoms with Crippen molar-refractivity contribution in [3.63, 3.8) is 0 Å². The van der Waals surface area contributed by atoms with E-state index in [9.17, 15) is 4.79 Å². The average Bonchev–Trinajstić information content (AvgIpc) is 2.02. The molecule has 0 fully saturated rings. The number of rotatable bonds is 1. The molecule has 0 aromatic heterocycles. The van der Waals surface area contributed by atoms with E-state index in [4.69, 9.17) is 4.74 Å². The number of halogens is 2. The SMILES string of the molecule is COC(=O)C1(I)C=C(Br)C=CC1. The molecule has 0 spiro atoms. The highest BCUT2D eigenvalue weighted by molar-refractivity contribution is 14.1. The molecule has 66 valence electrons. The maximum absolute atomic E-state index is 11.3. The first-order valence-electron chi connectivity index (χ1n) is 3.41. The highest BCUT2D eigenvalue weighted by Crippen LogP contribution is 2.33. The average molecular weight is 343 g/mol. The minimum Gasteiger partial charge on any atom is -0.468 e. The first-order chi connectivity index (χ1) is 5.58. The van der Waals surface area contributed by atoms with Gasteiger partial charge < -0.3 is 4.74 Å². The Balaban J connectivity index is 2.87. The fourth-order valence-electron chi connectivity index (χ4n) is 0.981. The number of alkyl halides is 1. The number of ether oxygens (including phenoxy) is 1. The van der Waals surface area contributed by atoms with Gasteiger partial charge in [0.1, 0.15) is 3.42 Å². The maximum atomic E-state index is 11.3. The summed E-state index contributed by atoms with van der Waals surface area (Å²) in [6.45, 7) is 0. The second-order valence-corrected chi connectivity index (χ2v) is 5.33. The standard InChI is InChI=1S/C8H8BrIO2/c1-12-7(11)8(10)4-2-3-6(9)5-8/h2-3,5H,4H2,1H3. The fourth-order valence-corrected chi connectivity index (χ4v) is 2.80. The third kappa shape index (κ3) is 2.10. The first kappa shape index (κ1) is 10.2. The molecule has 0 radical (unpaired) electrons. The van der Waals surface area contributed by atoms with Crippen LogP contribution in [0.3, 0.4) is 0 Å². The van der Waals surface area contributed by atoms with Crippen LogP contribution in [0.5, 0.6) is 0 Å². The van der Waals surface area contributed by atoms with Crippen LogP contribution in [-0.2, 0) is 9.53 Å². The molecule has 0 bridgehead atoms. The lowest BCUT2D eigenvalue weighted by molar-refractivity contribution is -0.141. The zero-order valence-electron chi connectivity index (χ0n) is 6.51. The number of hydrogen-bond donors (Lipinski definition) is 0. The molecule has 0 aromatic carbocycles. The molecule has 0 saturated heterocycles. The van der Waals surface area contributed by atoms with Gasteiger partial charge in [0.25, 0.3) is 0 Å². The largest absolute Gasteiger partial charge is 0.468 e. The van der Waals surface area contributed by atoms with E-state index in [2.05, 4.69) is 38.5 Å². The molecule has 0 amide bonds. The van der Waals surface area contributed by atoms with E-state index in [0.717, 1.165) is 4.48 Å². The van der Waals surface area contributed by atoms with Gasteiger partial charge in [0.15, 0.2) is 0 Å². The topological polar surface area (TPSA) is 26.3 Å². The van der Waals surface area contributed by atoms with Crippen LogP contribution in [0.1, 0.15) is 6.42 Å². The van der Waals surface area contributed by atoms with Gasteiger partial charge in [0.05, 0.1) is 7.11 Å². The van der Waals surface area contributed by atoms with E-state index < -0.39 is 3.42 Å². The van der Waals surface area contributed by atoms with Gasteiger partial charge in [0, 0.05) is 4.48 Å². The summed E-state index contributed by atoms with van der Waals surface area (Å²) in [7, 11) is 1.41. The molecule has 1 aliphatic rings. The van der Waals surface area contributed by atoms with Crippen LogP contribution in [0.2, 0.25) is 0 Å². The summed E-state index contributed by atoms with van der Waals surface area (Å²) in [6, 6.07) is 0. The molecule has 0 N–H and O–H groups in total. The molecule has 12 heavy (non-hydrogen) atoms. The predicted octanol–water partition coefficient (Wildman–Crippen LogP) is 2.57. The van der Waals surface area contributed by atoms with Gasteiger partial charge >= 0.3 is 5.97 Å². The van der Waals surface area contributed by atoms with Crippen LogP contribution in [-0.4, -0.2) is 16.5 Å². The molecule has 0 heterocycles. The summed E-state index contributed by atoms with van der Waals surface area (Å²) in [5.41, 5.74) is 0. The van der Waals surface area contributed by atoms with Crippen molar-refractivity contribution in [3.8, 4) is 0 Å². The van der Waals surface area contributed by atoms with Crippen LogP contribution < -0.4 is 0 Å². The Morgan fingerprint density at radius 3 is 3.00 bits per heavy atom. The predicted molar refractivity (Wildman–Crippen MR) is 59.5 cm³/mol. The molecule has 4 heteroatoms. The summed E-state index contributed by atoms with van der Waals surface area (Å²) >= 11 is 5.42. The molecular formula is C8H8BrIO2. The Morgan fingerprint density at radius 2 is 2.50 bits per heavy atom. The Kier molecular flexibility index (Phi) is 3.34. The Bertz CT molecular complexity index is 260. The number of carbonyl (C=O) groups is 1.